The molecule has 0 saturated carbocycles. The van der Waals surface area contributed by atoms with Gasteiger partial charge in [0, 0.05) is 38.5 Å². The van der Waals surface area contributed by atoms with Gasteiger partial charge in [0.2, 0.25) is 5.95 Å². The van der Waals surface area contributed by atoms with Gasteiger partial charge >= 0.3 is 0 Å². The summed E-state index contributed by atoms with van der Waals surface area (Å²) in [4.78, 5) is 11.3. The van der Waals surface area contributed by atoms with E-state index in [9.17, 15) is 0 Å². The lowest BCUT2D eigenvalue weighted by Gasteiger charge is -2.33. The highest BCUT2D eigenvalue weighted by atomic mass is 16.5. The maximum Gasteiger partial charge on any atom is 0.224 e. The van der Waals surface area contributed by atoms with Crippen LogP contribution < -0.4 is 10.2 Å². The number of rotatable bonds is 5. The summed E-state index contributed by atoms with van der Waals surface area (Å²) in [6, 6.07) is 0. The second kappa shape index (κ2) is 6.70. The molecule has 19 heavy (non-hydrogen) atoms. The van der Waals surface area contributed by atoms with Crippen LogP contribution in [-0.2, 0) is 4.74 Å². The molecule has 1 aromatic heterocycles. The first-order valence-electron chi connectivity index (χ1n) is 7.09. The van der Waals surface area contributed by atoms with Gasteiger partial charge in [-0.25, -0.2) is 4.98 Å². The van der Waals surface area contributed by atoms with Crippen molar-refractivity contribution in [2.24, 2.45) is 0 Å². The Labute approximate surface area is 115 Å². The molecule has 0 bridgehead atoms. The normalized spacial score (nSPS) is 19.5. The van der Waals surface area contributed by atoms with Gasteiger partial charge in [-0.1, -0.05) is 6.92 Å². The molecule has 0 radical (unpaired) electrons. The van der Waals surface area contributed by atoms with E-state index in [1.165, 1.54) is 0 Å². The summed E-state index contributed by atoms with van der Waals surface area (Å²) in [7, 11) is 1.79. The summed E-state index contributed by atoms with van der Waals surface area (Å²) in [6.45, 7) is 7.07. The van der Waals surface area contributed by atoms with Crippen molar-refractivity contribution in [3.8, 4) is 0 Å². The van der Waals surface area contributed by atoms with Gasteiger partial charge in [0.25, 0.3) is 0 Å². The molecule has 1 saturated heterocycles. The average Bonchev–Trinajstić information content (AvgIpc) is 2.46. The molecule has 2 heterocycles. The molecule has 1 fully saturated rings. The van der Waals surface area contributed by atoms with Crippen molar-refractivity contribution >= 4 is 11.8 Å². The minimum absolute atomic E-state index is 0.315. The van der Waals surface area contributed by atoms with E-state index < -0.39 is 0 Å². The maximum atomic E-state index is 5.48. The monoisotopic (exact) mass is 264 g/mol. The summed E-state index contributed by atoms with van der Waals surface area (Å²) < 4.78 is 5.48. The molecule has 2 rings (SSSR count). The first kappa shape index (κ1) is 14.1. The highest BCUT2D eigenvalue weighted by molar-refractivity contribution is 5.49. The lowest BCUT2D eigenvalue weighted by molar-refractivity contribution is 0.0891. The van der Waals surface area contributed by atoms with Crippen LogP contribution in [0.4, 0.5) is 11.8 Å². The Morgan fingerprint density at radius 2 is 2.37 bits per heavy atom. The van der Waals surface area contributed by atoms with Gasteiger partial charge in [-0.05, 0) is 26.2 Å². The van der Waals surface area contributed by atoms with Crippen LogP contribution >= 0.6 is 0 Å². The minimum atomic E-state index is 0.315. The molecular weight excluding hydrogens is 240 g/mol. The van der Waals surface area contributed by atoms with E-state index in [0.717, 1.165) is 56.2 Å². The number of hydrogen-bond acceptors (Lipinski definition) is 5. The highest BCUT2D eigenvalue weighted by Gasteiger charge is 2.22. The summed E-state index contributed by atoms with van der Waals surface area (Å²) in [5.74, 6) is 1.76. The third-order valence-corrected chi connectivity index (χ3v) is 3.49. The average molecular weight is 264 g/mol. The number of aryl methyl sites for hydroxylation is 1. The maximum absolute atomic E-state index is 5.48. The molecule has 1 unspecified atom stereocenters. The zero-order valence-corrected chi connectivity index (χ0v) is 12.1. The van der Waals surface area contributed by atoms with Gasteiger partial charge in [-0.15, -0.1) is 0 Å². The van der Waals surface area contributed by atoms with Crippen LogP contribution in [0.1, 0.15) is 31.7 Å². The Morgan fingerprint density at radius 3 is 3.11 bits per heavy atom. The molecule has 0 aliphatic carbocycles. The van der Waals surface area contributed by atoms with Gasteiger partial charge in [-0.2, -0.15) is 4.98 Å². The van der Waals surface area contributed by atoms with E-state index in [1.807, 2.05) is 6.20 Å². The van der Waals surface area contributed by atoms with E-state index in [4.69, 9.17) is 4.74 Å². The number of hydrogen-bond donors (Lipinski definition) is 1. The molecule has 106 valence electrons. The molecule has 1 atom stereocenters. The quantitative estimate of drug-likeness (QED) is 0.883. The Kier molecular flexibility index (Phi) is 4.96. The van der Waals surface area contributed by atoms with Crippen LogP contribution in [-0.4, -0.2) is 42.8 Å². The van der Waals surface area contributed by atoms with Crippen molar-refractivity contribution in [3.63, 3.8) is 0 Å². The number of ether oxygens (including phenoxy) is 1. The smallest absolute Gasteiger partial charge is 0.224 e. The van der Waals surface area contributed by atoms with Gasteiger partial charge in [0.1, 0.15) is 5.82 Å². The predicted molar refractivity (Wildman–Crippen MR) is 77.8 cm³/mol. The summed E-state index contributed by atoms with van der Waals surface area (Å²) in [5, 5.41) is 3.25. The van der Waals surface area contributed by atoms with E-state index in [-0.39, 0.29) is 0 Å². The Bertz CT molecular complexity index is 410. The van der Waals surface area contributed by atoms with Crippen LogP contribution in [0.2, 0.25) is 0 Å². The number of nitrogens with one attached hydrogen (secondary N) is 1. The van der Waals surface area contributed by atoms with Crippen molar-refractivity contribution in [3.05, 3.63) is 11.8 Å². The molecule has 1 aliphatic rings. The van der Waals surface area contributed by atoms with Crippen LogP contribution in [0, 0.1) is 6.92 Å². The molecule has 0 amide bonds. The molecule has 5 heteroatoms. The second-order valence-corrected chi connectivity index (χ2v) is 5.07. The van der Waals surface area contributed by atoms with Crippen LogP contribution in [0.25, 0.3) is 0 Å². The van der Waals surface area contributed by atoms with Crippen LogP contribution in [0.15, 0.2) is 6.20 Å². The van der Waals surface area contributed by atoms with Crippen molar-refractivity contribution in [1.29, 1.82) is 0 Å². The SMILES string of the molecule is CCCNc1ncc(C)c(N2CCCC(OC)C2)n1. The standard InChI is InChI=1S/C14H24N4O/c1-4-7-15-14-16-9-11(2)13(17-14)18-8-5-6-12(10-18)19-3/h9,12H,4-8,10H2,1-3H3,(H,15,16,17). The van der Waals surface area contributed by atoms with E-state index in [1.54, 1.807) is 7.11 Å². The number of nitrogens with zero attached hydrogens (tertiary/aromatic N) is 3. The van der Waals surface area contributed by atoms with Gasteiger partial charge in [-0.3, -0.25) is 0 Å². The lowest BCUT2D eigenvalue weighted by atomic mass is 10.1. The predicted octanol–water partition coefficient (Wildman–Crippen LogP) is 2.22. The largest absolute Gasteiger partial charge is 0.380 e. The van der Waals surface area contributed by atoms with Crippen molar-refractivity contribution in [1.82, 2.24) is 9.97 Å². The number of anilines is 2. The third-order valence-electron chi connectivity index (χ3n) is 3.49. The number of piperidine rings is 1. The van der Waals surface area contributed by atoms with E-state index in [0.29, 0.717) is 6.10 Å². The molecule has 1 N–H and O–H groups in total. The first-order valence-corrected chi connectivity index (χ1v) is 7.09. The molecule has 0 spiro atoms. The highest BCUT2D eigenvalue weighted by Crippen LogP contribution is 2.23. The van der Waals surface area contributed by atoms with Gasteiger partial charge in [0.05, 0.1) is 6.10 Å². The van der Waals surface area contributed by atoms with Crippen molar-refractivity contribution in [2.45, 2.75) is 39.2 Å². The molecule has 0 aromatic carbocycles. The van der Waals surface area contributed by atoms with E-state index >= 15 is 0 Å². The first-order chi connectivity index (χ1) is 9.24. The fourth-order valence-electron chi connectivity index (χ4n) is 2.40. The number of methoxy groups -OCH3 is 1. The van der Waals surface area contributed by atoms with Crippen molar-refractivity contribution < 1.29 is 4.74 Å². The molecule has 5 nitrogen and oxygen atoms in total. The van der Waals surface area contributed by atoms with Gasteiger partial charge < -0.3 is 15.0 Å². The number of aromatic nitrogens is 2. The Balaban J connectivity index is 2.13. The fraction of sp³-hybridized carbons (Fsp3) is 0.714. The van der Waals surface area contributed by atoms with Crippen LogP contribution in [0.3, 0.4) is 0 Å². The zero-order chi connectivity index (χ0) is 13.7. The Hall–Kier alpha value is -1.36. The summed E-state index contributed by atoms with van der Waals surface area (Å²) in [5.41, 5.74) is 1.12. The summed E-state index contributed by atoms with van der Waals surface area (Å²) >= 11 is 0. The molecule has 1 aromatic rings. The fourth-order valence-corrected chi connectivity index (χ4v) is 2.40. The topological polar surface area (TPSA) is 50.3 Å². The second-order valence-electron chi connectivity index (χ2n) is 5.07. The van der Waals surface area contributed by atoms with E-state index in [2.05, 4.69) is 34.0 Å². The summed E-state index contributed by atoms with van der Waals surface area (Å²) in [6.07, 6.45) is 5.58. The van der Waals surface area contributed by atoms with Gasteiger partial charge in [0.15, 0.2) is 0 Å². The van der Waals surface area contributed by atoms with Crippen LogP contribution in [0.5, 0.6) is 0 Å². The van der Waals surface area contributed by atoms with Crippen molar-refractivity contribution in [2.75, 3.05) is 37.0 Å². The third kappa shape index (κ3) is 3.56. The lowest BCUT2D eigenvalue weighted by Crippen LogP contribution is -2.40. The molecular formula is C14H24N4O. The minimum Gasteiger partial charge on any atom is -0.380 e. The Morgan fingerprint density at radius 1 is 1.53 bits per heavy atom. The zero-order valence-electron chi connectivity index (χ0n) is 12.1. The molecule has 1 aliphatic heterocycles.